The van der Waals surface area contributed by atoms with Gasteiger partial charge >= 0.3 is 0 Å². The van der Waals surface area contributed by atoms with Crippen molar-refractivity contribution in [1.82, 2.24) is 5.43 Å². The van der Waals surface area contributed by atoms with Crippen LogP contribution < -0.4 is 11.3 Å². The summed E-state index contributed by atoms with van der Waals surface area (Å²) < 4.78 is 0. The van der Waals surface area contributed by atoms with Crippen molar-refractivity contribution in [2.24, 2.45) is 5.84 Å². The molecule has 0 saturated heterocycles. The van der Waals surface area contributed by atoms with E-state index in [-0.39, 0.29) is 6.04 Å². The first-order valence-electron chi connectivity index (χ1n) is 7.28. The third-order valence-electron chi connectivity index (χ3n) is 3.89. The number of hydrogen-bond donors (Lipinski definition) is 2. The minimum absolute atomic E-state index is 0.236. The lowest BCUT2D eigenvalue weighted by Crippen LogP contribution is -2.29. The minimum atomic E-state index is 0.236. The Morgan fingerprint density at radius 1 is 0.950 bits per heavy atom. The molecule has 0 spiro atoms. The van der Waals surface area contributed by atoms with Crippen LogP contribution in [0.15, 0.2) is 48.5 Å². The first-order chi connectivity index (χ1) is 9.72. The number of nitrogens with one attached hydrogen (secondary N) is 1. The first kappa shape index (κ1) is 14.8. The third kappa shape index (κ3) is 3.69. The van der Waals surface area contributed by atoms with E-state index in [2.05, 4.69) is 67.8 Å². The molecule has 1 atom stereocenters. The van der Waals surface area contributed by atoms with Crippen molar-refractivity contribution >= 4 is 0 Å². The molecule has 2 heteroatoms. The average Bonchev–Trinajstić information content (AvgIpc) is 2.46. The van der Waals surface area contributed by atoms with Crippen LogP contribution in [0.5, 0.6) is 0 Å². The zero-order valence-corrected chi connectivity index (χ0v) is 12.4. The maximum Gasteiger partial charge on any atom is 0.0465 e. The normalized spacial score (nSPS) is 12.3. The predicted octanol–water partition coefficient (Wildman–Crippen LogP) is 3.83. The van der Waals surface area contributed by atoms with Gasteiger partial charge in [0, 0.05) is 6.04 Å². The van der Waals surface area contributed by atoms with Crippen LogP contribution in [0.2, 0.25) is 0 Å². The fourth-order valence-electron chi connectivity index (χ4n) is 2.84. The fourth-order valence-corrected chi connectivity index (χ4v) is 2.84. The van der Waals surface area contributed by atoms with E-state index in [0.29, 0.717) is 0 Å². The van der Waals surface area contributed by atoms with Crippen molar-refractivity contribution < 1.29 is 0 Å². The molecule has 0 aromatic heterocycles. The second-order valence-corrected chi connectivity index (χ2v) is 5.40. The molecule has 2 nitrogen and oxygen atoms in total. The van der Waals surface area contributed by atoms with Crippen molar-refractivity contribution in [3.8, 4) is 0 Å². The quantitative estimate of drug-likeness (QED) is 0.617. The van der Waals surface area contributed by atoms with E-state index in [1.54, 1.807) is 0 Å². The number of rotatable bonds is 6. The highest BCUT2D eigenvalue weighted by Crippen LogP contribution is 2.25. The molecule has 0 aliphatic heterocycles. The topological polar surface area (TPSA) is 38.0 Å². The molecule has 2 rings (SSSR count). The summed E-state index contributed by atoms with van der Waals surface area (Å²) in [5.74, 6) is 5.77. The van der Waals surface area contributed by atoms with Crippen LogP contribution >= 0.6 is 0 Å². The molecule has 0 aliphatic rings. The Balaban J connectivity index is 1.99. The highest BCUT2D eigenvalue weighted by Gasteiger charge is 2.14. The van der Waals surface area contributed by atoms with Gasteiger partial charge in [0.2, 0.25) is 0 Å². The van der Waals surface area contributed by atoms with E-state index in [4.69, 9.17) is 5.84 Å². The number of hydrogen-bond acceptors (Lipinski definition) is 2. The van der Waals surface area contributed by atoms with Gasteiger partial charge in [0.25, 0.3) is 0 Å². The van der Waals surface area contributed by atoms with Gasteiger partial charge in [0.15, 0.2) is 0 Å². The molecule has 2 aromatic rings. The van der Waals surface area contributed by atoms with Crippen LogP contribution in [0, 0.1) is 13.8 Å². The highest BCUT2D eigenvalue weighted by molar-refractivity contribution is 5.36. The summed E-state index contributed by atoms with van der Waals surface area (Å²) in [6, 6.07) is 17.3. The second-order valence-electron chi connectivity index (χ2n) is 5.40. The Bertz CT molecular complexity index is 514. The molecule has 0 heterocycles. The van der Waals surface area contributed by atoms with Crippen molar-refractivity contribution in [1.29, 1.82) is 0 Å². The zero-order chi connectivity index (χ0) is 14.4. The average molecular weight is 268 g/mol. The van der Waals surface area contributed by atoms with Crippen LogP contribution in [0.3, 0.4) is 0 Å². The van der Waals surface area contributed by atoms with Crippen LogP contribution in [0.4, 0.5) is 0 Å². The van der Waals surface area contributed by atoms with Crippen molar-refractivity contribution in [3.05, 3.63) is 70.8 Å². The van der Waals surface area contributed by atoms with E-state index < -0.39 is 0 Å². The summed E-state index contributed by atoms with van der Waals surface area (Å²) in [5, 5.41) is 0. The number of hydrazine groups is 1. The Labute approximate surface area is 122 Å². The van der Waals surface area contributed by atoms with Gasteiger partial charge in [-0.2, -0.15) is 0 Å². The number of nitrogens with two attached hydrogens (primary N) is 1. The Kier molecular flexibility index (Phi) is 5.33. The molecule has 0 amide bonds. The Morgan fingerprint density at radius 3 is 2.20 bits per heavy atom. The molecule has 2 aromatic carbocycles. The maximum absolute atomic E-state index is 5.77. The van der Waals surface area contributed by atoms with E-state index in [9.17, 15) is 0 Å². The fraction of sp³-hybridized carbons (Fsp3) is 0.333. The molecule has 0 saturated carbocycles. The Morgan fingerprint density at radius 2 is 1.60 bits per heavy atom. The molecular formula is C18H24N2. The van der Waals surface area contributed by atoms with Crippen molar-refractivity contribution in [3.63, 3.8) is 0 Å². The van der Waals surface area contributed by atoms with Gasteiger partial charge in [-0.1, -0.05) is 48.5 Å². The lowest BCUT2D eigenvalue weighted by Gasteiger charge is -2.21. The molecule has 0 aliphatic carbocycles. The monoisotopic (exact) mass is 268 g/mol. The molecule has 0 bridgehead atoms. The molecule has 20 heavy (non-hydrogen) atoms. The lowest BCUT2D eigenvalue weighted by molar-refractivity contribution is 0.494. The van der Waals surface area contributed by atoms with Gasteiger partial charge in [0.05, 0.1) is 0 Å². The molecule has 3 N–H and O–H groups in total. The summed E-state index contributed by atoms with van der Waals surface area (Å²) in [5.41, 5.74) is 8.35. The second kappa shape index (κ2) is 7.22. The largest absolute Gasteiger partial charge is 0.271 e. The van der Waals surface area contributed by atoms with Gasteiger partial charge in [-0.15, -0.1) is 0 Å². The SMILES string of the molecule is Cc1cccc(C)c1C(CCCc1ccccc1)NN. The molecule has 1 unspecified atom stereocenters. The summed E-state index contributed by atoms with van der Waals surface area (Å²) in [7, 11) is 0. The van der Waals surface area contributed by atoms with E-state index in [1.807, 2.05) is 0 Å². The summed E-state index contributed by atoms with van der Waals surface area (Å²) in [6.45, 7) is 4.31. The number of benzene rings is 2. The van der Waals surface area contributed by atoms with Gasteiger partial charge in [0.1, 0.15) is 0 Å². The summed E-state index contributed by atoms with van der Waals surface area (Å²) in [6.07, 6.45) is 3.29. The van der Waals surface area contributed by atoms with Gasteiger partial charge in [-0.3, -0.25) is 11.3 Å². The van der Waals surface area contributed by atoms with Crippen LogP contribution in [0.1, 0.15) is 41.1 Å². The van der Waals surface area contributed by atoms with Crippen molar-refractivity contribution in [2.75, 3.05) is 0 Å². The van der Waals surface area contributed by atoms with Gasteiger partial charge in [-0.25, -0.2) is 0 Å². The summed E-state index contributed by atoms with van der Waals surface area (Å²) >= 11 is 0. The van der Waals surface area contributed by atoms with Crippen LogP contribution in [-0.2, 0) is 6.42 Å². The third-order valence-corrected chi connectivity index (χ3v) is 3.89. The molecule has 106 valence electrons. The Hall–Kier alpha value is -1.64. The van der Waals surface area contributed by atoms with E-state index in [0.717, 1.165) is 19.3 Å². The first-order valence-corrected chi connectivity index (χ1v) is 7.28. The minimum Gasteiger partial charge on any atom is -0.271 e. The molecule has 0 fully saturated rings. The van der Waals surface area contributed by atoms with E-state index in [1.165, 1.54) is 22.3 Å². The smallest absolute Gasteiger partial charge is 0.0465 e. The van der Waals surface area contributed by atoms with Crippen molar-refractivity contribution in [2.45, 2.75) is 39.2 Å². The molecule has 0 radical (unpaired) electrons. The maximum atomic E-state index is 5.77. The molecular weight excluding hydrogens is 244 g/mol. The number of aryl methyl sites for hydroxylation is 3. The lowest BCUT2D eigenvalue weighted by atomic mass is 9.92. The predicted molar refractivity (Wildman–Crippen MR) is 85.4 cm³/mol. The van der Waals surface area contributed by atoms with Crippen LogP contribution in [-0.4, -0.2) is 0 Å². The van der Waals surface area contributed by atoms with E-state index >= 15 is 0 Å². The van der Waals surface area contributed by atoms with Gasteiger partial charge < -0.3 is 0 Å². The summed E-state index contributed by atoms with van der Waals surface area (Å²) in [4.78, 5) is 0. The highest BCUT2D eigenvalue weighted by atomic mass is 15.2. The standard InChI is InChI=1S/C18H24N2/c1-14-8-6-9-15(2)18(14)17(20-19)13-7-12-16-10-4-3-5-11-16/h3-6,8-11,17,20H,7,12-13,19H2,1-2H3. The van der Waals surface area contributed by atoms with Crippen LogP contribution in [0.25, 0.3) is 0 Å². The zero-order valence-electron chi connectivity index (χ0n) is 12.4. The van der Waals surface area contributed by atoms with Gasteiger partial charge in [-0.05, 0) is 55.4 Å².